The van der Waals surface area contributed by atoms with Crippen molar-refractivity contribution >= 4 is 22.6 Å². The van der Waals surface area contributed by atoms with Gasteiger partial charge in [0.25, 0.3) is 5.91 Å². The van der Waals surface area contributed by atoms with Gasteiger partial charge in [0.2, 0.25) is 0 Å². The number of nitrogens with one attached hydrogen (secondary N) is 1. The van der Waals surface area contributed by atoms with E-state index >= 15 is 0 Å². The van der Waals surface area contributed by atoms with Crippen LogP contribution in [-0.2, 0) is 12.7 Å². The Kier molecular flexibility index (Phi) is 4.43. The van der Waals surface area contributed by atoms with Gasteiger partial charge in [-0.2, -0.15) is 13.2 Å². The van der Waals surface area contributed by atoms with Crippen LogP contribution in [0.1, 0.15) is 29.3 Å². The summed E-state index contributed by atoms with van der Waals surface area (Å²) in [7, 11) is 0. The summed E-state index contributed by atoms with van der Waals surface area (Å²) in [4.78, 5) is 12.3. The molecule has 1 N–H and O–H groups in total. The fraction of sp³-hybridized carbons (Fsp3) is 0.235. The number of nitrogens with zero attached hydrogens (tertiary/aromatic N) is 3. The third-order valence-electron chi connectivity index (χ3n) is 3.66. The molecule has 0 fully saturated rings. The summed E-state index contributed by atoms with van der Waals surface area (Å²) in [6.45, 7) is 2.73. The SMILES string of the molecule is CCCn1nnc2cc(C(=O)Nc3cccc(C(F)(F)F)c3)ccc21. The van der Waals surface area contributed by atoms with Gasteiger partial charge in [0.15, 0.2) is 0 Å². The van der Waals surface area contributed by atoms with Crippen LogP contribution in [0.4, 0.5) is 18.9 Å². The lowest BCUT2D eigenvalue weighted by Gasteiger charge is -2.10. The van der Waals surface area contributed by atoms with Crippen LogP contribution >= 0.6 is 0 Å². The highest BCUT2D eigenvalue weighted by Gasteiger charge is 2.30. The average Bonchev–Trinajstić information content (AvgIpc) is 2.97. The van der Waals surface area contributed by atoms with E-state index in [2.05, 4.69) is 15.6 Å². The van der Waals surface area contributed by atoms with E-state index in [1.807, 2.05) is 6.92 Å². The molecular formula is C17H15F3N4O. The minimum atomic E-state index is -4.46. The molecule has 5 nitrogen and oxygen atoms in total. The number of halogens is 3. The van der Waals surface area contributed by atoms with Crippen LogP contribution in [0.3, 0.4) is 0 Å². The minimum absolute atomic E-state index is 0.0783. The number of alkyl halides is 3. The smallest absolute Gasteiger partial charge is 0.322 e. The van der Waals surface area contributed by atoms with Crippen LogP contribution in [0.15, 0.2) is 42.5 Å². The first-order valence-electron chi connectivity index (χ1n) is 7.70. The second kappa shape index (κ2) is 6.54. The number of aryl methyl sites for hydroxylation is 1. The second-order valence-electron chi connectivity index (χ2n) is 5.55. The van der Waals surface area contributed by atoms with E-state index in [0.717, 1.165) is 24.1 Å². The summed E-state index contributed by atoms with van der Waals surface area (Å²) in [6.07, 6.45) is -3.56. The number of hydrogen-bond acceptors (Lipinski definition) is 3. The van der Waals surface area contributed by atoms with Gasteiger partial charge in [-0.3, -0.25) is 4.79 Å². The summed E-state index contributed by atoms with van der Waals surface area (Å²) in [6, 6.07) is 9.40. The van der Waals surface area contributed by atoms with Gasteiger partial charge < -0.3 is 5.32 Å². The molecule has 0 saturated carbocycles. The molecule has 1 amide bonds. The van der Waals surface area contributed by atoms with Crippen molar-refractivity contribution in [2.45, 2.75) is 26.1 Å². The van der Waals surface area contributed by atoms with Gasteiger partial charge in [-0.05, 0) is 42.8 Å². The molecule has 0 saturated heterocycles. The number of anilines is 1. The summed E-state index contributed by atoms with van der Waals surface area (Å²) < 4.78 is 40.0. The maximum absolute atomic E-state index is 12.7. The number of hydrogen-bond donors (Lipinski definition) is 1. The molecule has 0 atom stereocenters. The molecule has 130 valence electrons. The molecule has 8 heteroatoms. The maximum atomic E-state index is 12.7. The monoisotopic (exact) mass is 348 g/mol. The number of benzene rings is 2. The molecule has 0 aliphatic rings. The highest BCUT2D eigenvalue weighted by Crippen LogP contribution is 2.30. The minimum Gasteiger partial charge on any atom is -0.322 e. The molecule has 3 rings (SSSR count). The zero-order valence-corrected chi connectivity index (χ0v) is 13.3. The number of carbonyl (C=O) groups excluding carboxylic acids is 1. The Bertz CT molecular complexity index is 918. The largest absolute Gasteiger partial charge is 0.416 e. The standard InChI is InChI=1S/C17H15F3N4O/c1-2-8-24-15-7-6-11(9-14(15)22-23-24)16(25)21-13-5-3-4-12(10-13)17(18,19)20/h3-7,9-10H,2,8H2,1H3,(H,21,25). The lowest BCUT2D eigenvalue weighted by Crippen LogP contribution is -2.13. The van der Waals surface area contributed by atoms with Crippen molar-refractivity contribution in [3.05, 3.63) is 53.6 Å². The Balaban J connectivity index is 1.83. The molecule has 1 heterocycles. The number of aromatic nitrogens is 3. The van der Waals surface area contributed by atoms with Crippen molar-refractivity contribution in [1.82, 2.24) is 15.0 Å². The number of amides is 1. The zero-order valence-electron chi connectivity index (χ0n) is 13.3. The molecular weight excluding hydrogens is 333 g/mol. The highest BCUT2D eigenvalue weighted by atomic mass is 19.4. The van der Waals surface area contributed by atoms with E-state index in [1.165, 1.54) is 12.1 Å². The molecule has 0 spiro atoms. The van der Waals surface area contributed by atoms with E-state index in [4.69, 9.17) is 0 Å². The Morgan fingerprint density at radius 3 is 2.72 bits per heavy atom. The molecule has 0 radical (unpaired) electrons. The summed E-state index contributed by atoms with van der Waals surface area (Å²) in [5.41, 5.74) is 0.925. The van der Waals surface area contributed by atoms with Crippen LogP contribution < -0.4 is 5.32 Å². The van der Waals surface area contributed by atoms with Gasteiger partial charge in [0.1, 0.15) is 5.52 Å². The van der Waals surface area contributed by atoms with Crippen LogP contribution in [-0.4, -0.2) is 20.9 Å². The van der Waals surface area contributed by atoms with Crippen molar-refractivity contribution in [3.8, 4) is 0 Å². The quantitative estimate of drug-likeness (QED) is 0.772. The lowest BCUT2D eigenvalue weighted by molar-refractivity contribution is -0.137. The van der Waals surface area contributed by atoms with Crippen molar-refractivity contribution < 1.29 is 18.0 Å². The fourth-order valence-electron chi connectivity index (χ4n) is 2.47. The first-order valence-corrected chi connectivity index (χ1v) is 7.70. The normalized spacial score (nSPS) is 11.7. The van der Waals surface area contributed by atoms with Crippen molar-refractivity contribution in [2.24, 2.45) is 0 Å². The summed E-state index contributed by atoms with van der Waals surface area (Å²) in [5.74, 6) is -0.508. The first-order chi connectivity index (χ1) is 11.9. The summed E-state index contributed by atoms with van der Waals surface area (Å²) >= 11 is 0. The van der Waals surface area contributed by atoms with Crippen LogP contribution in [0.25, 0.3) is 11.0 Å². The Labute approximate surface area is 141 Å². The van der Waals surface area contributed by atoms with E-state index in [1.54, 1.807) is 22.9 Å². The van der Waals surface area contributed by atoms with Crippen LogP contribution in [0.2, 0.25) is 0 Å². The Morgan fingerprint density at radius 1 is 1.20 bits per heavy atom. The molecule has 2 aromatic carbocycles. The molecule has 1 aromatic heterocycles. The van der Waals surface area contributed by atoms with E-state index in [0.29, 0.717) is 17.6 Å². The van der Waals surface area contributed by atoms with Crippen molar-refractivity contribution in [3.63, 3.8) is 0 Å². The third kappa shape index (κ3) is 3.62. The van der Waals surface area contributed by atoms with Gasteiger partial charge in [0.05, 0.1) is 11.1 Å². The Hall–Kier alpha value is -2.90. The summed E-state index contributed by atoms with van der Waals surface area (Å²) in [5, 5.41) is 10.5. The van der Waals surface area contributed by atoms with E-state index in [9.17, 15) is 18.0 Å². The van der Waals surface area contributed by atoms with E-state index in [-0.39, 0.29) is 5.69 Å². The van der Waals surface area contributed by atoms with E-state index < -0.39 is 17.6 Å². The lowest BCUT2D eigenvalue weighted by atomic mass is 10.1. The highest BCUT2D eigenvalue weighted by molar-refractivity contribution is 6.05. The predicted octanol–water partition coefficient (Wildman–Crippen LogP) is 4.11. The van der Waals surface area contributed by atoms with Gasteiger partial charge in [-0.15, -0.1) is 5.10 Å². The predicted molar refractivity (Wildman–Crippen MR) is 87.2 cm³/mol. The molecule has 25 heavy (non-hydrogen) atoms. The second-order valence-corrected chi connectivity index (χ2v) is 5.55. The molecule has 0 aliphatic carbocycles. The van der Waals surface area contributed by atoms with Gasteiger partial charge in [-0.25, -0.2) is 4.68 Å². The fourth-order valence-corrected chi connectivity index (χ4v) is 2.47. The van der Waals surface area contributed by atoms with Crippen LogP contribution in [0.5, 0.6) is 0 Å². The maximum Gasteiger partial charge on any atom is 0.416 e. The van der Waals surface area contributed by atoms with Gasteiger partial charge in [0, 0.05) is 17.8 Å². The Morgan fingerprint density at radius 2 is 2.00 bits per heavy atom. The van der Waals surface area contributed by atoms with Gasteiger partial charge >= 0.3 is 6.18 Å². The molecule has 0 aliphatic heterocycles. The van der Waals surface area contributed by atoms with Crippen molar-refractivity contribution in [1.29, 1.82) is 0 Å². The molecule has 0 unspecified atom stereocenters. The number of carbonyl (C=O) groups is 1. The first kappa shape index (κ1) is 16.9. The zero-order chi connectivity index (χ0) is 18.0. The average molecular weight is 348 g/mol. The number of fused-ring (bicyclic) bond motifs is 1. The van der Waals surface area contributed by atoms with Gasteiger partial charge in [-0.1, -0.05) is 18.2 Å². The third-order valence-corrected chi connectivity index (χ3v) is 3.66. The molecule has 3 aromatic rings. The molecule has 0 bridgehead atoms. The topological polar surface area (TPSA) is 59.8 Å². The number of rotatable bonds is 4. The van der Waals surface area contributed by atoms with Crippen LogP contribution in [0, 0.1) is 0 Å². The van der Waals surface area contributed by atoms with Crippen molar-refractivity contribution in [2.75, 3.05) is 5.32 Å².